The zero-order valence-corrected chi connectivity index (χ0v) is 13.2. The monoisotopic (exact) mass is 294 g/mol. The molecule has 1 saturated heterocycles. The predicted molar refractivity (Wildman–Crippen MR) is 84.3 cm³/mol. The van der Waals surface area contributed by atoms with E-state index in [4.69, 9.17) is 11.6 Å². The Labute approximate surface area is 126 Å². The molecule has 1 atom stereocenters. The molecule has 110 valence electrons. The molecule has 1 aromatic carbocycles. The van der Waals surface area contributed by atoms with Gasteiger partial charge in [-0.3, -0.25) is 4.79 Å². The van der Waals surface area contributed by atoms with Crippen molar-refractivity contribution in [3.8, 4) is 0 Å². The molecule has 0 radical (unpaired) electrons. The van der Waals surface area contributed by atoms with Crippen molar-refractivity contribution in [1.82, 2.24) is 5.32 Å². The molecule has 0 aliphatic carbocycles. The summed E-state index contributed by atoms with van der Waals surface area (Å²) >= 11 is 6.05. The minimum absolute atomic E-state index is 0.121. The van der Waals surface area contributed by atoms with Crippen molar-refractivity contribution in [1.29, 1.82) is 0 Å². The van der Waals surface area contributed by atoms with Crippen LogP contribution in [-0.2, 0) is 4.79 Å². The molecule has 0 spiro atoms. The summed E-state index contributed by atoms with van der Waals surface area (Å²) in [6, 6.07) is 8.12. The van der Waals surface area contributed by atoms with Crippen LogP contribution in [-0.4, -0.2) is 25.0 Å². The van der Waals surface area contributed by atoms with Gasteiger partial charge in [-0.1, -0.05) is 38.4 Å². The van der Waals surface area contributed by atoms with Crippen LogP contribution in [0.3, 0.4) is 0 Å². The third-order valence-corrected chi connectivity index (χ3v) is 3.85. The van der Waals surface area contributed by atoms with Gasteiger partial charge in [0.25, 0.3) is 0 Å². The number of benzene rings is 1. The zero-order chi connectivity index (χ0) is 14.8. The van der Waals surface area contributed by atoms with Crippen LogP contribution in [0.25, 0.3) is 0 Å². The fraction of sp³-hybridized carbons (Fsp3) is 0.562. The van der Waals surface area contributed by atoms with Crippen LogP contribution < -0.4 is 10.2 Å². The van der Waals surface area contributed by atoms with Gasteiger partial charge in [-0.25, -0.2) is 0 Å². The van der Waals surface area contributed by atoms with Crippen molar-refractivity contribution < 1.29 is 4.79 Å². The highest BCUT2D eigenvalue weighted by Crippen LogP contribution is 2.23. The van der Waals surface area contributed by atoms with Gasteiger partial charge in [0.15, 0.2) is 0 Å². The number of piperidine rings is 1. The molecule has 3 nitrogen and oxygen atoms in total. The molecular formula is C16H23ClN2O. The van der Waals surface area contributed by atoms with Crippen molar-refractivity contribution >= 4 is 23.2 Å². The number of amides is 1. The van der Waals surface area contributed by atoms with E-state index in [1.165, 1.54) is 0 Å². The Morgan fingerprint density at radius 1 is 1.40 bits per heavy atom. The number of halogens is 1. The maximum absolute atomic E-state index is 12.1. The summed E-state index contributed by atoms with van der Waals surface area (Å²) in [5, 5.41) is 3.91. The Morgan fingerprint density at radius 3 is 2.80 bits per heavy atom. The fourth-order valence-corrected chi connectivity index (χ4v) is 2.59. The number of nitrogens with zero attached hydrogens (tertiary/aromatic N) is 1. The van der Waals surface area contributed by atoms with Crippen molar-refractivity contribution in [3.05, 3.63) is 29.3 Å². The Bertz CT molecular complexity index is 482. The number of anilines is 1. The van der Waals surface area contributed by atoms with E-state index in [0.717, 1.165) is 36.6 Å². The number of nitrogens with one attached hydrogen (secondary N) is 1. The summed E-state index contributed by atoms with van der Waals surface area (Å²) in [7, 11) is 0. The van der Waals surface area contributed by atoms with Gasteiger partial charge in [-0.15, -0.1) is 0 Å². The summed E-state index contributed by atoms with van der Waals surface area (Å²) in [5.74, 6) is 0.121. The Hall–Kier alpha value is -1.22. The molecule has 4 heteroatoms. The topological polar surface area (TPSA) is 32.3 Å². The third-order valence-electron chi connectivity index (χ3n) is 3.61. The normalized spacial score (nSPS) is 19.8. The predicted octanol–water partition coefficient (Wildman–Crippen LogP) is 3.47. The summed E-state index contributed by atoms with van der Waals surface area (Å²) in [6.45, 7) is 7.70. The van der Waals surface area contributed by atoms with Crippen LogP contribution >= 0.6 is 11.6 Å². The van der Waals surface area contributed by atoms with Gasteiger partial charge in [-0.05, 0) is 31.0 Å². The lowest BCUT2D eigenvalue weighted by atomic mass is 9.94. The maximum Gasteiger partial charge on any atom is 0.225 e. The molecule has 1 heterocycles. The molecule has 2 rings (SSSR count). The van der Waals surface area contributed by atoms with Crippen molar-refractivity contribution in [2.24, 2.45) is 5.41 Å². The molecule has 1 unspecified atom stereocenters. The fourth-order valence-electron chi connectivity index (χ4n) is 2.40. The highest BCUT2D eigenvalue weighted by Gasteiger charge is 2.27. The molecule has 20 heavy (non-hydrogen) atoms. The Balaban J connectivity index is 2.00. The number of hydrogen-bond acceptors (Lipinski definition) is 2. The molecule has 0 bridgehead atoms. The van der Waals surface area contributed by atoms with Crippen molar-refractivity contribution in [2.75, 3.05) is 18.0 Å². The molecule has 1 aliphatic rings. The number of carbonyl (C=O) groups excluding carboxylic acids is 1. The maximum atomic E-state index is 12.1. The van der Waals surface area contributed by atoms with Crippen LogP contribution in [0.4, 0.5) is 5.69 Å². The van der Waals surface area contributed by atoms with Gasteiger partial charge in [-0.2, -0.15) is 0 Å². The molecule has 1 aliphatic heterocycles. The Kier molecular flexibility index (Phi) is 4.59. The zero-order valence-electron chi connectivity index (χ0n) is 12.4. The van der Waals surface area contributed by atoms with E-state index in [9.17, 15) is 4.79 Å². The van der Waals surface area contributed by atoms with Crippen LogP contribution in [0, 0.1) is 5.41 Å². The molecule has 1 aromatic rings. The third kappa shape index (κ3) is 3.89. The van der Waals surface area contributed by atoms with E-state index in [1.54, 1.807) is 0 Å². The first-order chi connectivity index (χ1) is 9.36. The van der Waals surface area contributed by atoms with Gasteiger partial charge < -0.3 is 10.2 Å². The number of carbonyl (C=O) groups is 1. The minimum atomic E-state index is -0.335. The molecule has 0 saturated carbocycles. The van der Waals surface area contributed by atoms with E-state index in [-0.39, 0.29) is 17.4 Å². The van der Waals surface area contributed by atoms with Crippen LogP contribution in [0.5, 0.6) is 0 Å². The molecule has 1 N–H and O–H groups in total. The Morgan fingerprint density at radius 2 is 2.15 bits per heavy atom. The summed E-state index contributed by atoms with van der Waals surface area (Å²) in [4.78, 5) is 14.4. The summed E-state index contributed by atoms with van der Waals surface area (Å²) in [6.07, 6.45) is 2.13. The SMILES string of the molecule is CC(C)(C)C(=O)NC1CCCN(c2cccc(Cl)c2)C1. The highest BCUT2D eigenvalue weighted by molar-refractivity contribution is 6.30. The van der Waals surface area contributed by atoms with Crippen LogP contribution in [0.1, 0.15) is 33.6 Å². The first-order valence-corrected chi connectivity index (χ1v) is 7.55. The van der Waals surface area contributed by atoms with Gasteiger partial charge in [0, 0.05) is 35.3 Å². The van der Waals surface area contributed by atoms with Gasteiger partial charge >= 0.3 is 0 Å². The van der Waals surface area contributed by atoms with Crippen LogP contribution in [0.2, 0.25) is 5.02 Å². The lowest BCUT2D eigenvalue weighted by Crippen LogP contribution is -2.50. The second-order valence-electron chi connectivity index (χ2n) is 6.49. The molecule has 1 amide bonds. The van der Waals surface area contributed by atoms with E-state index >= 15 is 0 Å². The lowest BCUT2D eigenvalue weighted by Gasteiger charge is -2.36. The van der Waals surface area contributed by atoms with E-state index < -0.39 is 0 Å². The summed E-state index contributed by atoms with van der Waals surface area (Å²) < 4.78 is 0. The van der Waals surface area contributed by atoms with Gasteiger partial charge in [0.1, 0.15) is 0 Å². The second kappa shape index (κ2) is 6.04. The van der Waals surface area contributed by atoms with E-state index in [0.29, 0.717) is 0 Å². The largest absolute Gasteiger partial charge is 0.369 e. The van der Waals surface area contributed by atoms with Crippen molar-refractivity contribution in [3.63, 3.8) is 0 Å². The summed E-state index contributed by atoms with van der Waals surface area (Å²) in [5.41, 5.74) is 0.797. The average molecular weight is 295 g/mol. The van der Waals surface area contributed by atoms with Crippen LogP contribution in [0.15, 0.2) is 24.3 Å². The number of rotatable bonds is 2. The second-order valence-corrected chi connectivity index (χ2v) is 6.92. The highest BCUT2D eigenvalue weighted by atomic mass is 35.5. The quantitative estimate of drug-likeness (QED) is 0.906. The molecule has 1 fully saturated rings. The first-order valence-electron chi connectivity index (χ1n) is 7.18. The first kappa shape index (κ1) is 15.2. The number of hydrogen-bond donors (Lipinski definition) is 1. The van der Waals surface area contributed by atoms with E-state index in [2.05, 4.69) is 16.3 Å². The average Bonchev–Trinajstić information content (AvgIpc) is 2.38. The van der Waals surface area contributed by atoms with Gasteiger partial charge in [0.05, 0.1) is 0 Å². The standard InChI is InChI=1S/C16H23ClN2O/c1-16(2,3)15(20)18-13-7-5-9-19(11-13)14-8-4-6-12(17)10-14/h4,6,8,10,13H,5,7,9,11H2,1-3H3,(H,18,20). The molecule has 0 aromatic heterocycles. The van der Waals surface area contributed by atoms with Gasteiger partial charge in [0.2, 0.25) is 5.91 Å². The molecular weight excluding hydrogens is 272 g/mol. The van der Waals surface area contributed by atoms with E-state index in [1.807, 2.05) is 39.0 Å². The smallest absolute Gasteiger partial charge is 0.225 e. The van der Waals surface area contributed by atoms with Crippen molar-refractivity contribution in [2.45, 2.75) is 39.7 Å². The lowest BCUT2D eigenvalue weighted by molar-refractivity contribution is -0.129. The minimum Gasteiger partial charge on any atom is -0.369 e.